The number of fused-ring (bicyclic) bond motifs is 3. The molecule has 2 heteroatoms. The molecule has 22 heavy (non-hydrogen) atoms. The van der Waals surface area contributed by atoms with Gasteiger partial charge >= 0.3 is 0 Å². The van der Waals surface area contributed by atoms with E-state index in [-0.39, 0.29) is 6.10 Å². The highest BCUT2D eigenvalue weighted by Crippen LogP contribution is 2.35. The van der Waals surface area contributed by atoms with Gasteiger partial charge in [-0.3, -0.25) is 0 Å². The fraction of sp³-hybridized carbons (Fsp3) is 0.200. The van der Waals surface area contributed by atoms with Gasteiger partial charge in [-0.25, -0.2) is 0 Å². The van der Waals surface area contributed by atoms with Crippen LogP contribution in [0.1, 0.15) is 11.1 Å². The van der Waals surface area contributed by atoms with Crippen LogP contribution in [-0.2, 0) is 13.0 Å². The Hall–Kier alpha value is -2.32. The third-order valence-corrected chi connectivity index (χ3v) is 4.40. The molecule has 0 aliphatic carbocycles. The normalized spacial score (nSPS) is 17.5. The van der Waals surface area contributed by atoms with E-state index in [2.05, 4.69) is 65.6 Å². The van der Waals surface area contributed by atoms with Gasteiger partial charge in [-0.1, -0.05) is 66.7 Å². The van der Waals surface area contributed by atoms with Crippen molar-refractivity contribution in [2.75, 3.05) is 11.4 Å². The summed E-state index contributed by atoms with van der Waals surface area (Å²) in [7, 11) is 0. The Labute approximate surface area is 130 Å². The third kappa shape index (κ3) is 2.36. The van der Waals surface area contributed by atoms with Crippen molar-refractivity contribution in [1.82, 2.24) is 0 Å². The number of aliphatic hydroxyl groups excluding tert-OH is 1. The minimum absolute atomic E-state index is 0.294. The molecule has 0 saturated heterocycles. The molecule has 1 atom stereocenters. The largest absolute Gasteiger partial charge is 0.391 e. The van der Waals surface area contributed by atoms with E-state index < -0.39 is 0 Å². The fourth-order valence-corrected chi connectivity index (χ4v) is 3.45. The minimum Gasteiger partial charge on any atom is -0.391 e. The number of hydrogen-bond acceptors (Lipinski definition) is 2. The monoisotopic (exact) mass is 289 g/mol. The predicted octanol–water partition coefficient (Wildman–Crippen LogP) is 3.76. The molecule has 0 radical (unpaired) electrons. The highest BCUT2D eigenvalue weighted by atomic mass is 16.3. The standard InChI is InChI=1S/C20H19NO/c22-18-12-17-11-10-16-8-4-5-9-19(16)20(17)21(14-18)13-15-6-2-1-3-7-15/h1-11,18,22H,12-14H2. The molecular weight excluding hydrogens is 270 g/mol. The molecule has 0 saturated carbocycles. The molecule has 0 aromatic heterocycles. The zero-order chi connectivity index (χ0) is 14.9. The second-order valence-electron chi connectivity index (χ2n) is 6.02. The Morgan fingerprint density at radius 1 is 0.909 bits per heavy atom. The first kappa shape index (κ1) is 13.4. The number of rotatable bonds is 2. The lowest BCUT2D eigenvalue weighted by Gasteiger charge is -2.35. The molecule has 0 spiro atoms. The van der Waals surface area contributed by atoms with E-state index in [0.717, 1.165) is 13.0 Å². The molecule has 1 aliphatic rings. The van der Waals surface area contributed by atoms with E-state index in [0.29, 0.717) is 6.54 Å². The Kier molecular flexibility index (Phi) is 3.32. The zero-order valence-corrected chi connectivity index (χ0v) is 12.4. The molecule has 1 heterocycles. The van der Waals surface area contributed by atoms with Gasteiger partial charge in [0.05, 0.1) is 6.10 Å². The molecule has 110 valence electrons. The Morgan fingerprint density at radius 3 is 2.55 bits per heavy atom. The molecular formula is C20H19NO. The predicted molar refractivity (Wildman–Crippen MR) is 91.2 cm³/mol. The van der Waals surface area contributed by atoms with Gasteiger partial charge in [-0.2, -0.15) is 0 Å². The molecule has 4 rings (SSSR count). The van der Waals surface area contributed by atoms with Gasteiger partial charge in [0.2, 0.25) is 0 Å². The van der Waals surface area contributed by atoms with Crippen LogP contribution in [0.3, 0.4) is 0 Å². The maximum Gasteiger partial charge on any atom is 0.0756 e. The highest BCUT2D eigenvalue weighted by Gasteiger charge is 2.24. The van der Waals surface area contributed by atoms with Crippen molar-refractivity contribution in [3.8, 4) is 0 Å². The van der Waals surface area contributed by atoms with Gasteiger partial charge in [0.15, 0.2) is 0 Å². The van der Waals surface area contributed by atoms with Gasteiger partial charge in [-0.15, -0.1) is 0 Å². The Bertz CT molecular complexity index is 797. The van der Waals surface area contributed by atoms with Crippen LogP contribution in [0.25, 0.3) is 10.8 Å². The topological polar surface area (TPSA) is 23.5 Å². The van der Waals surface area contributed by atoms with Crippen molar-refractivity contribution < 1.29 is 5.11 Å². The molecule has 1 N–H and O–H groups in total. The van der Waals surface area contributed by atoms with Crippen molar-refractivity contribution in [3.05, 3.63) is 77.9 Å². The van der Waals surface area contributed by atoms with Gasteiger partial charge in [-0.05, 0) is 16.5 Å². The molecule has 0 fully saturated rings. The summed E-state index contributed by atoms with van der Waals surface area (Å²) in [5.74, 6) is 0. The maximum absolute atomic E-state index is 10.2. The number of anilines is 1. The molecule has 0 amide bonds. The van der Waals surface area contributed by atoms with Crippen LogP contribution in [0.5, 0.6) is 0 Å². The molecule has 3 aromatic rings. The summed E-state index contributed by atoms with van der Waals surface area (Å²) < 4.78 is 0. The average molecular weight is 289 g/mol. The van der Waals surface area contributed by atoms with E-state index in [1.54, 1.807) is 0 Å². The molecule has 2 nitrogen and oxygen atoms in total. The first-order chi connectivity index (χ1) is 10.8. The van der Waals surface area contributed by atoms with Gasteiger partial charge in [0, 0.05) is 30.6 Å². The van der Waals surface area contributed by atoms with Crippen LogP contribution < -0.4 is 4.90 Å². The summed E-state index contributed by atoms with van der Waals surface area (Å²) in [6.07, 6.45) is 0.447. The summed E-state index contributed by atoms with van der Waals surface area (Å²) in [6, 6.07) is 23.3. The lowest BCUT2D eigenvalue weighted by atomic mass is 9.94. The first-order valence-electron chi connectivity index (χ1n) is 7.79. The lowest BCUT2D eigenvalue weighted by molar-refractivity contribution is 0.175. The van der Waals surface area contributed by atoms with Crippen molar-refractivity contribution in [1.29, 1.82) is 0 Å². The van der Waals surface area contributed by atoms with Crippen LogP contribution in [-0.4, -0.2) is 17.8 Å². The highest BCUT2D eigenvalue weighted by molar-refractivity contribution is 5.96. The van der Waals surface area contributed by atoms with E-state index in [1.165, 1.54) is 27.6 Å². The maximum atomic E-state index is 10.2. The van der Waals surface area contributed by atoms with Gasteiger partial charge < -0.3 is 10.0 Å². The van der Waals surface area contributed by atoms with Crippen molar-refractivity contribution in [2.45, 2.75) is 19.1 Å². The summed E-state index contributed by atoms with van der Waals surface area (Å²) >= 11 is 0. The minimum atomic E-state index is -0.294. The SMILES string of the molecule is OC1Cc2ccc3ccccc3c2N(Cc2ccccc2)C1. The fourth-order valence-electron chi connectivity index (χ4n) is 3.45. The van der Waals surface area contributed by atoms with Crippen LogP contribution in [0.2, 0.25) is 0 Å². The molecule has 1 unspecified atom stereocenters. The first-order valence-corrected chi connectivity index (χ1v) is 7.79. The van der Waals surface area contributed by atoms with Crippen LogP contribution in [0.15, 0.2) is 66.7 Å². The number of nitrogens with zero attached hydrogens (tertiary/aromatic N) is 1. The van der Waals surface area contributed by atoms with Gasteiger partial charge in [0.1, 0.15) is 0 Å². The zero-order valence-electron chi connectivity index (χ0n) is 12.4. The van der Waals surface area contributed by atoms with Crippen molar-refractivity contribution >= 4 is 16.5 Å². The number of benzene rings is 3. The van der Waals surface area contributed by atoms with Crippen molar-refractivity contribution in [3.63, 3.8) is 0 Å². The number of β-amino-alcohol motifs (C(OH)–C–C–N with tert-alkyl or cyclic N) is 1. The Balaban J connectivity index is 1.83. The van der Waals surface area contributed by atoms with E-state index in [4.69, 9.17) is 0 Å². The van der Waals surface area contributed by atoms with E-state index >= 15 is 0 Å². The molecule has 1 aliphatic heterocycles. The van der Waals surface area contributed by atoms with E-state index in [9.17, 15) is 5.11 Å². The number of aliphatic hydroxyl groups is 1. The van der Waals surface area contributed by atoms with Crippen molar-refractivity contribution in [2.24, 2.45) is 0 Å². The second-order valence-corrected chi connectivity index (χ2v) is 6.02. The van der Waals surface area contributed by atoms with Crippen LogP contribution in [0, 0.1) is 0 Å². The summed E-state index contributed by atoms with van der Waals surface area (Å²) in [6.45, 7) is 1.52. The van der Waals surface area contributed by atoms with Crippen LogP contribution in [0.4, 0.5) is 5.69 Å². The van der Waals surface area contributed by atoms with Gasteiger partial charge in [0.25, 0.3) is 0 Å². The smallest absolute Gasteiger partial charge is 0.0756 e. The van der Waals surface area contributed by atoms with Crippen LogP contribution >= 0.6 is 0 Å². The average Bonchev–Trinajstić information content (AvgIpc) is 2.55. The Morgan fingerprint density at radius 2 is 1.68 bits per heavy atom. The third-order valence-electron chi connectivity index (χ3n) is 4.40. The number of hydrogen-bond donors (Lipinski definition) is 1. The summed E-state index contributed by atoms with van der Waals surface area (Å²) in [4.78, 5) is 2.32. The molecule has 0 bridgehead atoms. The lowest BCUT2D eigenvalue weighted by Crippen LogP contribution is -2.38. The van der Waals surface area contributed by atoms with E-state index in [1.807, 2.05) is 6.07 Å². The second kappa shape index (κ2) is 5.47. The summed E-state index contributed by atoms with van der Waals surface area (Å²) in [5.41, 5.74) is 3.80. The quantitative estimate of drug-likeness (QED) is 0.776. The summed E-state index contributed by atoms with van der Waals surface area (Å²) in [5, 5.41) is 12.8. The molecule has 3 aromatic carbocycles.